The zero-order valence-electron chi connectivity index (χ0n) is 8.25. The molecular weight excluding hydrogens is 148 g/mol. The van der Waals surface area contributed by atoms with E-state index in [1.54, 1.807) is 0 Å². The summed E-state index contributed by atoms with van der Waals surface area (Å²) >= 11 is 0. The molecule has 2 heteroatoms. The van der Waals surface area contributed by atoms with Crippen molar-refractivity contribution in [1.82, 2.24) is 9.55 Å². The highest BCUT2D eigenvalue weighted by molar-refractivity contribution is 4.93. The Labute approximate surface area is 74.6 Å². The molecule has 12 heavy (non-hydrogen) atoms. The molecule has 1 aromatic rings. The fourth-order valence-corrected chi connectivity index (χ4v) is 1.58. The van der Waals surface area contributed by atoms with Crippen LogP contribution in [-0.2, 0) is 6.42 Å². The van der Waals surface area contributed by atoms with Gasteiger partial charge in [0.2, 0.25) is 0 Å². The molecule has 0 aliphatic heterocycles. The number of imidazole rings is 1. The third kappa shape index (κ3) is 1.87. The second-order valence-electron chi connectivity index (χ2n) is 3.24. The van der Waals surface area contributed by atoms with Crippen LogP contribution in [0.3, 0.4) is 0 Å². The molecule has 0 aromatic carbocycles. The summed E-state index contributed by atoms with van der Waals surface area (Å²) in [6.45, 7) is 6.63. The molecule has 1 rings (SSSR count). The van der Waals surface area contributed by atoms with Crippen LogP contribution in [0, 0.1) is 0 Å². The van der Waals surface area contributed by atoms with E-state index < -0.39 is 0 Å². The minimum absolute atomic E-state index is 0.604. The minimum Gasteiger partial charge on any atom is -0.332 e. The van der Waals surface area contributed by atoms with Gasteiger partial charge < -0.3 is 4.57 Å². The first-order chi connectivity index (χ1) is 5.79. The molecule has 0 spiro atoms. The van der Waals surface area contributed by atoms with Gasteiger partial charge in [-0.3, -0.25) is 0 Å². The summed E-state index contributed by atoms with van der Waals surface area (Å²) < 4.78 is 2.28. The van der Waals surface area contributed by atoms with Crippen LogP contribution in [0.15, 0.2) is 12.4 Å². The molecule has 0 bridgehead atoms. The molecule has 68 valence electrons. The average Bonchev–Trinajstić information content (AvgIpc) is 2.51. The van der Waals surface area contributed by atoms with Crippen LogP contribution >= 0.6 is 0 Å². The zero-order valence-corrected chi connectivity index (χ0v) is 8.25. The standard InChI is InChI=1S/C10H18N2/c1-4-6-9(3)12-8-7-11-10(12)5-2/h7-9H,4-6H2,1-3H3. The molecule has 0 saturated carbocycles. The van der Waals surface area contributed by atoms with Crippen molar-refractivity contribution in [3.63, 3.8) is 0 Å². The summed E-state index contributed by atoms with van der Waals surface area (Å²) in [5.74, 6) is 1.20. The van der Waals surface area contributed by atoms with E-state index in [9.17, 15) is 0 Å². The lowest BCUT2D eigenvalue weighted by molar-refractivity contribution is 0.484. The number of hydrogen-bond acceptors (Lipinski definition) is 1. The Morgan fingerprint density at radius 1 is 1.50 bits per heavy atom. The van der Waals surface area contributed by atoms with Gasteiger partial charge >= 0.3 is 0 Å². The fourth-order valence-electron chi connectivity index (χ4n) is 1.58. The summed E-state index contributed by atoms with van der Waals surface area (Å²) in [6, 6.07) is 0.604. The lowest BCUT2D eigenvalue weighted by atomic mass is 10.2. The second kappa shape index (κ2) is 4.29. The summed E-state index contributed by atoms with van der Waals surface area (Å²) in [5, 5.41) is 0. The quantitative estimate of drug-likeness (QED) is 0.672. The predicted octanol–water partition coefficient (Wildman–Crippen LogP) is 2.81. The summed E-state index contributed by atoms with van der Waals surface area (Å²) in [5.41, 5.74) is 0. The fraction of sp³-hybridized carbons (Fsp3) is 0.700. The van der Waals surface area contributed by atoms with Gasteiger partial charge in [0.05, 0.1) is 0 Å². The van der Waals surface area contributed by atoms with E-state index in [2.05, 4.69) is 36.5 Å². The van der Waals surface area contributed by atoms with Crippen LogP contribution in [0.2, 0.25) is 0 Å². The van der Waals surface area contributed by atoms with Crippen molar-refractivity contribution in [2.24, 2.45) is 0 Å². The smallest absolute Gasteiger partial charge is 0.108 e. The molecule has 1 atom stereocenters. The topological polar surface area (TPSA) is 17.8 Å². The van der Waals surface area contributed by atoms with Crippen molar-refractivity contribution in [3.8, 4) is 0 Å². The average molecular weight is 166 g/mol. The van der Waals surface area contributed by atoms with E-state index in [0.29, 0.717) is 6.04 Å². The molecule has 0 aliphatic carbocycles. The molecule has 0 saturated heterocycles. The van der Waals surface area contributed by atoms with Gasteiger partial charge in [-0.25, -0.2) is 4.98 Å². The van der Waals surface area contributed by atoms with Gasteiger partial charge in [-0.15, -0.1) is 0 Å². The van der Waals surface area contributed by atoms with E-state index in [-0.39, 0.29) is 0 Å². The molecule has 0 radical (unpaired) electrons. The van der Waals surface area contributed by atoms with Gasteiger partial charge in [0, 0.05) is 24.9 Å². The largest absolute Gasteiger partial charge is 0.332 e. The first-order valence-electron chi connectivity index (χ1n) is 4.81. The predicted molar refractivity (Wildman–Crippen MR) is 51.2 cm³/mol. The van der Waals surface area contributed by atoms with E-state index >= 15 is 0 Å². The molecule has 1 aromatic heterocycles. The maximum Gasteiger partial charge on any atom is 0.108 e. The van der Waals surface area contributed by atoms with Crippen molar-refractivity contribution in [1.29, 1.82) is 0 Å². The Morgan fingerprint density at radius 3 is 2.83 bits per heavy atom. The molecular formula is C10H18N2. The summed E-state index contributed by atoms with van der Waals surface area (Å²) in [4.78, 5) is 4.30. The first kappa shape index (κ1) is 9.30. The first-order valence-corrected chi connectivity index (χ1v) is 4.81. The number of aromatic nitrogens is 2. The molecule has 1 unspecified atom stereocenters. The van der Waals surface area contributed by atoms with Crippen LogP contribution < -0.4 is 0 Å². The molecule has 2 nitrogen and oxygen atoms in total. The Kier molecular flexibility index (Phi) is 3.32. The van der Waals surface area contributed by atoms with Crippen molar-refractivity contribution in [3.05, 3.63) is 18.2 Å². The molecule has 0 aliphatic rings. The summed E-state index contributed by atoms with van der Waals surface area (Å²) in [7, 11) is 0. The van der Waals surface area contributed by atoms with Crippen LogP contribution in [0.25, 0.3) is 0 Å². The second-order valence-corrected chi connectivity index (χ2v) is 3.24. The number of nitrogens with zero attached hydrogens (tertiary/aromatic N) is 2. The highest BCUT2D eigenvalue weighted by atomic mass is 15.1. The highest BCUT2D eigenvalue weighted by Gasteiger charge is 2.06. The van der Waals surface area contributed by atoms with Gasteiger partial charge in [-0.1, -0.05) is 20.3 Å². The number of hydrogen-bond donors (Lipinski definition) is 0. The zero-order chi connectivity index (χ0) is 8.97. The van der Waals surface area contributed by atoms with Crippen molar-refractivity contribution >= 4 is 0 Å². The van der Waals surface area contributed by atoms with Crippen LogP contribution in [-0.4, -0.2) is 9.55 Å². The maximum absolute atomic E-state index is 4.30. The van der Waals surface area contributed by atoms with Gasteiger partial charge in [-0.2, -0.15) is 0 Å². The maximum atomic E-state index is 4.30. The van der Waals surface area contributed by atoms with Crippen molar-refractivity contribution < 1.29 is 0 Å². The molecule has 0 N–H and O–H groups in total. The Bertz CT molecular complexity index is 227. The van der Waals surface area contributed by atoms with E-state index in [4.69, 9.17) is 0 Å². The SMILES string of the molecule is CCCC(C)n1ccnc1CC. The van der Waals surface area contributed by atoms with Crippen LogP contribution in [0.1, 0.15) is 45.5 Å². The normalized spacial score (nSPS) is 13.2. The lowest BCUT2D eigenvalue weighted by Gasteiger charge is -2.14. The Balaban J connectivity index is 2.71. The van der Waals surface area contributed by atoms with E-state index in [1.807, 2.05) is 6.20 Å². The Morgan fingerprint density at radius 2 is 2.25 bits per heavy atom. The van der Waals surface area contributed by atoms with Crippen molar-refractivity contribution in [2.45, 2.75) is 46.1 Å². The number of aryl methyl sites for hydroxylation is 1. The van der Waals surface area contributed by atoms with Gasteiger partial charge in [0.1, 0.15) is 5.82 Å². The van der Waals surface area contributed by atoms with E-state index in [1.165, 1.54) is 18.7 Å². The molecule has 0 amide bonds. The van der Waals surface area contributed by atoms with Gasteiger partial charge in [-0.05, 0) is 13.3 Å². The van der Waals surface area contributed by atoms with Crippen molar-refractivity contribution in [2.75, 3.05) is 0 Å². The Hall–Kier alpha value is -0.790. The molecule has 0 fully saturated rings. The minimum atomic E-state index is 0.604. The monoisotopic (exact) mass is 166 g/mol. The number of rotatable bonds is 4. The van der Waals surface area contributed by atoms with E-state index in [0.717, 1.165) is 6.42 Å². The third-order valence-corrected chi connectivity index (χ3v) is 2.25. The van der Waals surface area contributed by atoms with Gasteiger partial charge in [0.15, 0.2) is 0 Å². The summed E-state index contributed by atoms with van der Waals surface area (Å²) in [6.07, 6.45) is 7.48. The lowest BCUT2D eigenvalue weighted by Crippen LogP contribution is -2.07. The van der Waals surface area contributed by atoms with Gasteiger partial charge in [0.25, 0.3) is 0 Å². The third-order valence-electron chi connectivity index (χ3n) is 2.25. The molecule has 1 heterocycles. The van der Waals surface area contributed by atoms with Crippen LogP contribution in [0.5, 0.6) is 0 Å². The van der Waals surface area contributed by atoms with Crippen LogP contribution in [0.4, 0.5) is 0 Å². The highest BCUT2D eigenvalue weighted by Crippen LogP contribution is 2.14.